The summed E-state index contributed by atoms with van der Waals surface area (Å²) < 4.78 is 2.08. The second-order valence-corrected chi connectivity index (χ2v) is 9.11. The highest BCUT2D eigenvalue weighted by molar-refractivity contribution is 5.66. The molecule has 0 radical (unpaired) electrons. The Kier molecular flexibility index (Phi) is 5.80. The van der Waals surface area contributed by atoms with E-state index in [1.807, 2.05) is 12.3 Å². The molecule has 1 atom stereocenters. The maximum absolute atomic E-state index is 4.89. The minimum atomic E-state index is -0.451. The highest BCUT2D eigenvalue weighted by Crippen LogP contribution is 2.36. The Morgan fingerprint density at radius 3 is 2.58 bits per heavy atom. The third-order valence-corrected chi connectivity index (χ3v) is 5.68. The van der Waals surface area contributed by atoms with Gasteiger partial charge in [-0.2, -0.15) is 10.3 Å². The molecule has 8 heteroatoms. The fourth-order valence-electron chi connectivity index (χ4n) is 3.77. The molecule has 1 N–H and O–H groups in total. The molecule has 1 aliphatic heterocycles. The first kappa shape index (κ1) is 21.1. The molecule has 0 bridgehead atoms. The van der Waals surface area contributed by atoms with Crippen LogP contribution < -0.4 is 0 Å². The molecule has 0 fully saturated rings. The van der Waals surface area contributed by atoms with E-state index in [4.69, 9.17) is 10.1 Å². The standard InChI is InChI=1S/C23H30N8/c1-5-6-15-31-19(25-20(28-31)22(2,3)4)16-17-7-9-18(10-8-17)23(11-13-24-14-12-23)21-26-29-30-27-21/h7-11,13-14H,5-6,12,15-16H2,1-4H3,(H,26,27,29,30). The Morgan fingerprint density at radius 2 is 1.97 bits per heavy atom. The molecule has 1 aromatic carbocycles. The van der Waals surface area contributed by atoms with E-state index < -0.39 is 5.41 Å². The van der Waals surface area contributed by atoms with Gasteiger partial charge < -0.3 is 0 Å². The van der Waals surface area contributed by atoms with Crippen LogP contribution in [0.2, 0.25) is 0 Å². The zero-order chi connectivity index (χ0) is 21.9. The highest BCUT2D eigenvalue weighted by Gasteiger charge is 2.36. The second kappa shape index (κ2) is 8.53. The zero-order valence-corrected chi connectivity index (χ0v) is 18.7. The largest absolute Gasteiger partial charge is 0.269 e. The molecule has 0 saturated heterocycles. The summed E-state index contributed by atoms with van der Waals surface area (Å²) in [6.07, 6.45) is 9.42. The zero-order valence-electron chi connectivity index (χ0n) is 18.7. The third kappa shape index (κ3) is 4.33. The van der Waals surface area contributed by atoms with E-state index in [1.165, 1.54) is 5.56 Å². The number of aromatic nitrogens is 7. The number of allylic oxidation sites excluding steroid dienone is 1. The molecule has 31 heavy (non-hydrogen) atoms. The van der Waals surface area contributed by atoms with Crippen LogP contribution in [0.1, 0.15) is 75.6 Å². The predicted octanol–water partition coefficient (Wildman–Crippen LogP) is 3.75. The molecule has 8 nitrogen and oxygen atoms in total. The van der Waals surface area contributed by atoms with Crippen LogP contribution in [0, 0.1) is 0 Å². The van der Waals surface area contributed by atoms with Gasteiger partial charge in [-0.25, -0.2) is 9.67 Å². The second-order valence-electron chi connectivity index (χ2n) is 9.11. The lowest BCUT2D eigenvalue weighted by molar-refractivity contribution is 0.509. The first-order valence-electron chi connectivity index (χ1n) is 10.9. The van der Waals surface area contributed by atoms with Crippen molar-refractivity contribution in [3.63, 3.8) is 0 Å². The summed E-state index contributed by atoms with van der Waals surface area (Å²) in [4.78, 5) is 9.11. The Bertz CT molecular complexity index is 1050. The molecule has 0 amide bonds. The minimum absolute atomic E-state index is 0.0675. The molecule has 2 aromatic heterocycles. The summed E-state index contributed by atoms with van der Waals surface area (Å²) in [5.74, 6) is 2.57. The smallest absolute Gasteiger partial charge is 0.189 e. The van der Waals surface area contributed by atoms with Crippen molar-refractivity contribution in [2.45, 2.75) is 70.8 Å². The van der Waals surface area contributed by atoms with Crippen molar-refractivity contribution in [1.82, 2.24) is 35.4 Å². The molecule has 162 valence electrons. The fourth-order valence-corrected chi connectivity index (χ4v) is 3.77. The monoisotopic (exact) mass is 418 g/mol. The van der Waals surface area contributed by atoms with E-state index >= 15 is 0 Å². The number of rotatable bonds is 7. The van der Waals surface area contributed by atoms with Crippen LogP contribution in [0.3, 0.4) is 0 Å². The average Bonchev–Trinajstić information content (AvgIpc) is 3.44. The number of aryl methyl sites for hydroxylation is 1. The van der Waals surface area contributed by atoms with E-state index in [1.54, 1.807) is 6.20 Å². The van der Waals surface area contributed by atoms with Gasteiger partial charge in [-0.1, -0.05) is 63.6 Å². The van der Waals surface area contributed by atoms with Crippen molar-refractivity contribution in [3.05, 3.63) is 65.1 Å². The van der Waals surface area contributed by atoms with Crippen LogP contribution >= 0.6 is 0 Å². The van der Waals surface area contributed by atoms with Gasteiger partial charge in [0.2, 0.25) is 0 Å². The first-order valence-corrected chi connectivity index (χ1v) is 10.9. The van der Waals surface area contributed by atoms with Crippen LogP contribution in [0.4, 0.5) is 0 Å². The number of aliphatic imine (C=N–C) groups is 1. The summed E-state index contributed by atoms with van der Waals surface area (Å²) in [5.41, 5.74) is 1.80. The molecule has 4 rings (SSSR count). The van der Waals surface area contributed by atoms with Gasteiger partial charge in [-0.15, -0.1) is 10.2 Å². The van der Waals surface area contributed by atoms with Gasteiger partial charge in [0.25, 0.3) is 0 Å². The lowest BCUT2D eigenvalue weighted by Gasteiger charge is -2.28. The van der Waals surface area contributed by atoms with Crippen molar-refractivity contribution < 1.29 is 0 Å². The molecule has 3 aromatic rings. The molecule has 1 aliphatic rings. The van der Waals surface area contributed by atoms with Crippen LogP contribution in [0.15, 0.2) is 41.5 Å². The molecule has 1 unspecified atom stereocenters. The Labute approximate surface area is 182 Å². The predicted molar refractivity (Wildman–Crippen MR) is 120 cm³/mol. The van der Waals surface area contributed by atoms with E-state index in [0.29, 0.717) is 12.2 Å². The van der Waals surface area contributed by atoms with Crippen LogP contribution in [0.5, 0.6) is 0 Å². The number of nitrogens with one attached hydrogen (secondary N) is 1. The number of aromatic amines is 1. The summed E-state index contributed by atoms with van der Waals surface area (Å²) >= 11 is 0. The van der Waals surface area contributed by atoms with Crippen molar-refractivity contribution >= 4 is 6.21 Å². The Balaban J connectivity index is 1.61. The highest BCUT2D eigenvalue weighted by atomic mass is 15.5. The van der Waals surface area contributed by atoms with Crippen molar-refractivity contribution in [2.75, 3.05) is 0 Å². The van der Waals surface area contributed by atoms with Gasteiger partial charge in [-0.05, 0) is 23.6 Å². The SMILES string of the molecule is CCCCn1nc(C(C)(C)C)nc1Cc1ccc(C2(c3nn[nH]n3)C=CN=CC2)cc1. The maximum Gasteiger partial charge on any atom is 0.189 e. The minimum Gasteiger partial charge on any atom is -0.269 e. The summed E-state index contributed by atoms with van der Waals surface area (Å²) in [6.45, 7) is 9.57. The lowest BCUT2D eigenvalue weighted by atomic mass is 9.76. The number of nitrogens with zero attached hydrogens (tertiary/aromatic N) is 7. The Morgan fingerprint density at radius 1 is 1.16 bits per heavy atom. The molecule has 0 aliphatic carbocycles. The van der Waals surface area contributed by atoms with Crippen LogP contribution in [-0.4, -0.2) is 41.6 Å². The number of tetrazole rings is 1. The van der Waals surface area contributed by atoms with Gasteiger partial charge in [0.1, 0.15) is 5.82 Å². The molecular weight excluding hydrogens is 388 g/mol. The molecule has 3 heterocycles. The van der Waals surface area contributed by atoms with Gasteiger partial charge in [0, 0.05) is 37.2 Å². The fraction of sp³-hybridized carbons (Fsp3) is 0.478. The molecule has 0 saturated carbocycles. The molecule has 0 spiro atoms. The van der Waals surface area contributed by atoms with E-state index in [2.05, 4.69) is 82.3 Å². The number of hydrogen-bond donors (Lipinski definition) is 1. The number of H-pyrrole nitrogens is 1. The maximum atomic E-state index is 4.89. The van der Waals surface area contributed by atoms with Crippen LogP contribution in [-0.2, 0) is 23.8 Å². The van der Waals surface area contributed by atoms with E-state index in [0.717, 1.165) is 43.0 Å². The van der Waals surface area contributed by atoms with Crippen LogP contribution in [0.25, 0.3) is 0 Å². The average molecular weight is 419 g/mol. The lowest BCUT2D eigenvalue weighted by Crippen LogP contribution is -2.29. The summed E-state index contributed by atoms with van der Waals surface area (Å²) in [7, 11) is 0. The summed E-state index contributed by atoms with van der Waals surface area (Å²) in [6, 6.07) is 8.61. The van der Waals surface area contributed by atoms with Gasteiger partial charge >= 0.3 is 0 Å². The number of unbranched alkanes of at least 4 members (excludes halogenated alkanes) is 1. The quantitative estimate of drug-likeness (QED) is 0.630. The van der Waals surface area contributed by atoms with E-state index in [-0.39, 0.29) is 5.41 Å². The van der Waals surface area contributed by atoms with Gasteiger partial charge in [0.05, 0.1) is 5.41 Å². The topological polar surface area (TPSA) is 97.5 Å². The third-order valence-electron chi connectivity index (χ3n) is 5.68. The first-order chi connectivity index (χ1) is 14.9. The van der Waals surface area contributed by atoms with Gasteiger partial charge in [-0.3, -0.25) is 4.99 Å². The van der Waals surface area contributed by atoms with Crippen molar-refractivity contribution in [3.8, 4) is 0 Å². The number of hydrogen-bond acceptors (Lipinski definition) is 6. The van der Waals surface area contributed by atoms with E-state index in [9.17, 15) is 0 Å². The Hall–Kier alpha value is -3.16. The van der Waals surface area contributed by atoms with Crippen molar-refractivity contribution in [2.24, 2.45) is 4.99 Å². The summed E-state index contributed by atoms with van der Waals surface area (Å²) in [5, 5.41) is 19.7. The number of benzene rings is 1. The molecular formula is C23H30N8. The normalized spacial score (nSPS) is 18.6. The van der Waals surface area contributed by atoms with Gasteiger partial charge in [0.15, 0.2) is 11.6 Å². The van der Waals surface area contributed by atoms with Crippen molar-refractivity contribution in [1.29, 1.82) is 0 Å².